The van der Waals surface area contributed by atoms with E-state index >= 15 is 0 Å². The number of rotatable bonds is 6. The van der Waals surface area contributed by atoms with Crippen LogP contribution in [0.25, 0.3) is 0 Å². The molecule has 1 N–H and O–H groups in total. The fourth-order valence-electron chi connectivity index (χ4n) is 2.74. The van der Waals surface area contributed by atoms with Gasteiger partial charge in [0.1, 0.15) is 0 Å². The molecule has 8 nitrogen and oxygen atoms in total. The van der Waals surface area contributed by atoms with Crippen LogP contribution >= 0.6 is 0 Å². The number of azo groups is 3. The molecule has 0 aromatic carbocycles. The van der Waals surface area contributed by atoms with Gasteiger partial charge in [-0.2, -0.15) is 35.8 Å². The maximum atomic E-state index is 7.00. The topological polar surface area (TPSA) is 110 Å². The lowest BCUT2D eigenvalue weighted by Gasteiger charge is -2.09. The van der Waals surface area contributed by atoms with Crippen molar-refractivity contribution in [3.8, 4) is 0 Å². The number of allylic oxidation sites excluding steroid dienone is 12. The molecule has 3 aliphatic carbocycles. The van der Waals surface area contributed by atoms with Gasteiger partial charge in [0.25, 0.3) is 0 Å². The third-order valence-electron chi connectivity index (χ3n) is 4.30. The van der Waals surface area contributed by atoms with Gasteiger partial charge in [0.2, 0.25) is 0 Å². The summed E-state index contributed by atoms with van der Waals surface area (Å²) in [6, 6.07) is 0. The van der Waals surface area contributed by atoms with Crippen LogP contribution in [0.15, 0.2) is 106 Å². The van der Waals surface area contributed by atoms with E-state index in [0.29, 0.717) is 0 Å². The van der Waals surface area contributed by atoms with Crippen molar-refractivity contribution in [2.45, 2.75) is 38.5 Å². The molecule has 8 heteroatoms. The van der Waals surface area contributed by atoms with Crippen molar-refractivity contribution in [2.24, 2.45) is 35.8 Å². The summed E-state index contributed by atoms with van der Waals surface area (Å²) < 4.78 is 0. The molecule has 138 valence electrons. The maximum absolute atomic E-state index is 7.00. The van der Waals surface area contributed by atoms with E-state index in [9.17, 15) is 0 Å². The Morgan fingerprint density at radius 2 is 0.815 bits per heavy atom. The predicted molar refractivity (Wildman–Crippen MR) is 102 cm³/mol. The van der Waals surface area contributed by atoms with E-state index in [4.69, 9.17) is 5.53 Å². The first kappa shape index (κ1) is 18.6. The third kappa shape index (κ3) is 5.67. The van der Waals surface area contributed by atoms with Gasteiger partial charge in [-0.25, -0.2) is 5.53 Å². The second kappa shape index (κ2) is 9.51. The summed E-state index contributed by atoms with van der Waals surface area (Å²) in [5.41, 5.74) is 12.5. The number of nitrogens with one attached hydrogen (secondary N) is 1. The van der Waals surface area contributed by atoms with Crippen LogP contribution in [0.1, 0.15) is 38.5 Å². The zero-order valence-corrected chi connectivity index (χ0v) is 15.3. The van der Waals surface area contributed by atoms with Gasteiger partial charge in [0.05, 0.1) is 34.2 Å². The lowest BCUT2D eigenvalue weighted by atomic mass is 10.1. The van der Waals surface area contributed by atoms with E-state index in [1.165, 1.54) is 0 Å². The average molecular weight is 362 g/mol. The highest BCUT2D eigenvalue weighted by molar-refractivity contribution is 5.25. The number of nitrogens with zero attached hydrogens (tertiary/aromatic N) is 7. The summed E-state index contributed by atoms with van der Waals surface area (Å²) in [7, 11) is 1.67. The SMILES string of the molecule is CN=NC1=CC=C(N=NC2=CC=C(N=NC3=CC=C(N=N)CC3)CC2)CC1. The van der Waals surface area contributed by atoms with Crippen LogP contribution in [0.2, 0.25) is 0 Å². The van der Waals surface area contributed by atoms with Crippen LogP contribution in [0.4, 0.5) is 0 Å². The Bertz CT molecular complexity index is 862. The molecule has 0 atom stereocenters. The fraction of sp³-hybridized carbons (Fsp3) is 0.368. The van der Waals surface area contributed by atoms with Crippen molar-refractivity contribution in [3.05, 3.63) is 70.6 Å². The highest BCUT2D eigenvalue weighted by Gasteiger charge is 2.09. The highest BCUT2D eigenvalue weighted by Crippen LogP contribution is 2.25. The Kier molecular flexibility index (Phi) is 6.56. The van der Waals surface area contributed by atoms with Crippen LogP contribution in [0, 0.1) is 5.53 Å². The highest BCUT2D eigenvalue weighted by atomic mass is 15.1. The van der Waals surface area contributed by atoms with Gasteiger partial charge >= 0.3 is 0 Å². The molecule has 27 heavy (non-hydrogen) atoms. The molecule has 0 fully saturated rings. The minimum absolute atomic E-state index is 0.742. The zero-order valence-electron chi connectivity index (χ0n) is 15.3. The van der Waals surface area contributed by atoms with Crippen LogP contribution in [-0.4, -0.2) is 7.05 Å². The van der Waals surface area contributed by atoms with Gasteiger partial charge in [-0.05, 0) is 75.0 Å². The molecule has 0 amide bonds. The lowest BCUT2D eigenvalue weighted by Crippen LogP contribution is -1.92. The predicted octanol–water partition coefficient (Wildman–Crippen LogP) is 6.69. The Hall–Kier alpha value is -3.16. The molecule has 0 unspecified atom stereocenters. The quantitative estimate of drug-likeness (QED) is 0.508. The van der Waals surface area contributed by atoms with Gasteiger partial charge in [0.15, 0.2) is 0 Å². The first-order valence-corrected chi connectivity index (χ1v) is 8.97. The van der Waals surface area contributed by atoms with E-state index in [2.05, 4.69) is 35.8 Å². The maximum Gasteiger partial charge on any atom is 0.0635 e. The molecular formula is C19H22N8. The molecule has 0 saturated heterocycles. The molecule has 3 rings (SSSR count). The largest absolute Gasteiger partial charge is 0.205 e. The monoisotopic (exact) mass is 362 g/mol. The van der Waals surface area contributed by atoms with Gasteiger partial charge < -0.3 is 0 Å². The normalized spacial score (nSPS) is 20.9. The Morgan fingerprint density at radius 3 is 1.07 bits per heavy atom. The molecule has 0 heterocycles. The summed E-state index contributed by atoms with van der Waals surface area (Å²) in [5.74, 6) is 0. The van der Waals surface area contributed by atoms with Gasteiger partial charge in [0, 0.05) is 7.05 Å². The molecule has 0 radical (unpaired) electrons. The van der Waals surface area contributed by atoms with Crippen molar-refractivity contribution >= 4 is 0 Å². The van der Waals surface area contributed by atoms with Crippen molar-refractivity contribution in [2.75, 3.05) is 7.05 Å². The van der Waals surface area contributed by atoms with Crippen molar-refractivity contribution in [1.29, 1.82) is 5.53 Å². The smallest absolute Gasteiger partial charge is 0.0635 e. The second-order valence-corrected chi connectivity index (χ2v) is 6.26. The molecule has 0 aliphatic heterocycles. The van der Waals surface area contributed by atoms with Crippen LogP contribution < -0.4 is 0 Å². The molecule has 0 aromatic rings. The zero-order chi connectivity index (χ0) is 18.9. The van der Waals surface area contributed by atoms with Crippen molar-refractivity contribution < 1.29 is 0 Å². The minimum Gasteiger partial charge on any atom is -0.205 e. The Balaban J connectivity index is 1.57. The summed E-state index contributed by atoms with van der Waals surface area (Å²) in [6.45, 7) is 0. The van der Waals surface area contributed by atoms with Crippen LogP contribution in [0.5, 0.6) is 0 Å². The Morgan fingerprint density at radius 1 is 0.519 bits per heavy atom. The van der Waals surface area contributed by atoms with Crippen molar-refractivity contribution in [1.82, 2.24) is 0 Å². The minimum atomic E-state index is 0.742. The summed E-state index contributed by atoms with van der Waals surface area (Å²) in [4.78, 5) is 0. The summed E-state index contributed by atoms with van der Waals surface area (Å²) in [5, 5.41) is 28.6. The van der Waals surface area contributed by atoms with E-state index in [-0.39, 0.29) is 0 Å². The van der Waals surface area contributed by atoms with Gasteiger partial charge in [-0.1, -0.05) is 0 Å². The first-order valence-electron chi connectivity index (χ1n) is 8.97. The Labute approximate surface area is 158 Å². The van der Waals surface area contributed by atoms with Crippen molar-refractivity contribution in [3.63, 3.8) is 0 Å². The molecule has 0 spiro atoms. The molecular weight excluding hydrogens is 340 g/mol. The molecule has 0 bridgehead atoms. The molecule has 0 aromatic heterocycles. The van der Waals surface area contributed by atoms with Gasteiger partial charge in [-0.15, -0.1) is 0 Å². The number of hydrogen-bond acceptors (Lipinski definition) is 8. The molecule has 0 saturated carbocycles. The van der Waals surface area contributed by atoms with Gasteiger partial charge in [-0.3, -0.25) is 0 Å². The van der Waals surface area contributed by atoms with Crippen LogP contribution in [-0.2, 0) is 0 Å². The molecule has 3 aliphatic rings. The van der Waals surface area contributed by atoms with E-state index in [1.54, 1.807) is 7.05 Å². The second-order valence-electron chi connectivity index (χ2n) is 6.26. The van der Waals surface area contributed by atoms with E-state index < -0.39 is 0 Å². The van der Waals surface area contributed by atoms with E-state index in [0.717, 1.165) is 72.7 Å². The number of hydrogen-bond donors (Lipinski definition) is 1. The lowest BCUT2D eigenvalue weighted by molar-refractivity contribution is 0.794. The van der Waals surface area contributed by atoms with E-state index in [1.807, 2.05) is 36.5 Å². The standard InChI is InChI=1S/C19H22N8/c1-21-23-15-6-8-17(9-7-15)25-27-19-12-10-18(11-13-19)26-24-16-4-2-14(22-20)3-5-16/h2,4,6,8,10,12,20H,3,5,7,9,11,13H2,1H3. The summed E-state index contributed by atoms with van der Waals surface area (Å²) in [6.07, 6.45) is 16.2. The first-order chi connectivity index (χ1) is 13.3. The third-order valence-corrected chi connectivity index (χ3v) is 4.30. The fourth-order valence-corrected chi connectivity index (χ4v) is 2.74. The summed E-state index contributed by atoms with van der Waals surface area (Å²) >= 11 is 0. The average Bonchev–Trinajstić information content (AvgIpc) is 2.73. The van der Waals surface area contributed by atoms with Crippen LogP contribution in [0.3, 0.4) is 0 Å².